The molecule has 0 bridgehead atoms. The monoisotopic (exact) mass is 204 g/mol. The van der Waals surface area contributed by atoms with Crippen LogP contribution in [0, 0.1) is 0 Å². The molecular formula is C12H16N2O. The van der Waals surface area contributed by atoms with Crippen LogP contribution in [0.4, 0.5) is 0 Å². The first-order valence-corrected chi connectivity index (χ1v) is 5.33. The van der Waals surface area contributed by atoms with Gasteiger partial charge in [0.15, 0.2) is 0 Å². The Morgan fingerprint density at radius 2 is 2.20 bits per heavy atom. The van der Waals surface area contributed by atoms with Crippen LogP contribution < -0.4 is 5.73 Å². The van der Waals surface area contributed by atoms with Crippen molar-refractivity contribution in [1.29, 1.82) is 0 Å². The normalized spacial score (nSPS) is 16.7. The van der Waals surface area contributed by atoms with Crippen LogP contribution >= 0.6 is 0 Å². The standard InChI is InChI=1S/C12H16N2O/c1-9(6-7-13)14-8-10-4-2-3-5-11(10)12(14)15/h2-5,9H,6-8,13H2,1H3. The summed E-state index contributed by atoms with van der Waals surface area (Å²) in [7, 11) is 0. The number of hydrogen-bond acceptors (Lipinski definition) is 2. The van der Waals surface area contributed by atoms with E-state index in [1.54, 1.807) is 0 Å². The first kappa shape index (κ1) is 10.2. The first-order valence-electron chi connectivity index (χ1n) is 5.33. The summed E-state index contributed by atoms with van der Waals surface area (Å²) in [5.74, 6) is 0.145. The maximum atomic E-state index is 12.0. The van der Waals surface area contributed by atoms with Crippen molar-refractivity contribution in [3.63, 3.8) is 0 Å². The van der Waals surface area contributed by atoms with Crippen molar-refractivity contribution in [2.75, 3.05) is 6.54 Å². The number of fused-ring (bicyclic) bond motifs is 1. The van der Waals surface area contributed by atoms with Gasteiger partial charge in [0.2, 0.25) is 0 Å². The maximum Gasteiger partial charge on any atom is 0.254 e. The molecule has 0 aromatic heterocycles. The molecule has 0 aliphatic carbocycles. The van der Waals surface area contributed by atoms with Gasteiger partial charge >= 0.3 is 0 Å². The predicted octanol–water partition coefficient (Wildman–Crippen LogP) is 1.38. The second kappa shape index (κ2) is 4.03. The third-order valence-corrected chi connectivity index (χ3v) is 2.97. The Morgan fingerprint density at radius 3 is 2.87 bits per heavy atom. The number of amides is 1. The molecule has 15 heavy (non-hydrogen) atoms. The molecule has 0 saturated carbocycles. The van der Waals surface area contributed by atoms with Crippen molar-refractivity contribution < 1.29 is 4.79 Å². The summed E-state index contributed by atoms with van der Waals surface area (Å²) in [6.07, 6.45) is 0.861. The molecule has 0 fully saturated rings. The zero-order valence-corrected chi connectivity index (χ0v) is 8.94. The summed E-state index contributed by atoms with van der Waals surface area (Å²) in [5.41, 5.74) is 7.49. The number of hydrogen-bond donors (Lipinski definition) is 1. The second-order valence-corrected chi connectivity index (χ2v) is 4.02. The first-order chi connectivity index (χ1) is 7.24. The van der Waals surface area contributed by atoms with Crippen molar-refractivity contribution in [3.05, 3.63) is 35.4 Å². The van der Waals surface area contributed by atoms with Gasteiger partial charge in [0.1, 0.15) is 0 Å². The van der Waals surface area contributed by atoms with Gasteiger partial charge in [0.25, 0.3) is 5.91 Å². The summed E-state index contributed by atoms with van der Waals surface area (Å²) in [5, 5.41) is 0. The lowest BCUT2D eigenvalue weighted by Crippen LogP contribution is -2.34. The van der Waals surface area contributed by atoms with Gasteiger partial charge in [-0.15, -0.1) is 0 Å². The molecule has 1 aliphatic heterocycles. The molecule has 1 aromatic rings. The van der Waals surface area contributed by atoms with Crippen LogP contribution in [0.15, 0.2) is 24.3 Å². The third-order valence-electron chi connectivity index (χ3n) is 2.97. The maximum absolute atomic E-state index is 12.0. The second-order valence-electron chi connectivity index (χ2n) is 4.02. The quantitative estimate of drug-likeness (QED) is 0.808. The minimum absolute atomic E-state index is 0.145. The lowest BCUT2D eigenvalue weighted by molar-refractivity contribution is 0.0711. The van der Waals surface area contributed by atoms with E-state index >= 15 is 0 Å². The summed E-state index contributed by atoms with van der Waals surface area (Å²) >= 11 is 0. The average molecular weight is 204 g/mol. The van der Waals surface area contributed by atoms with Crippen LogP contribution in [-0.2, 0) is 6.54 Å². The molecule has 0 radical (unpaired) electrons. The number of carbonyl (C=O) groups is 1. The summed E-state index contributed by atoms with van der Waals surface area (Å²) in [4.78, 5) is 13.9. The van der Waals surface area contributed by atoms with Gasteiger partial charge in [-0.25, -0.2) is 0 Å². The van der Waals surface area contributed by atoms with Crippen molar-refractivity contribution >= 4 is 5.91 Å². The van der Waals surface area contributed by atoms with Crippen LogP contribution in [0.1, 0.15) is 29.3 Å². The third kappa shape index (κ3) is 1.75. The van der Waals surface area contributed by atoms with Gasteiger partial charge in [-0.1, -0.05) is 18.2 Å². The van der Waals surface area contributed by atoms with E-state index in [2.05, 4.69) is 6.92 Å². The van der Waals surface area contributed by atoms with E-state index in [4.69, 9.17) is 5.73 Å². The molecule has 3 nitrogen and oxygen atoms in total. The van der Waals surface area contributed by atoms with Gasteiger partial charge in [-0.05, 0) is 31.5 Å². The minimum atomic E-state index is 0.145. The Labute approximate surface area is 89.9 Å². The Morgan fingerprint density at radius 1 is 1.47 bits per heavy atom. The molecule has 1 unspecified atom stereocenters. The summed E-state index contributed by atoms with van der Waals surface area (Å²) < 4.78 is 0. The SMILES string of the molecule is CC(CCN)N1Cc2ccccc2C1=O. The highest BCUT2D eigenvalue weighted by Crippen LogP contribution is 2.24. The number of benzene rings is 1. The van der Waals surface area contributed by atoms with E-state index in [1.165, 1.54) is 0 Å². The van der Waals surface area contributed by atoms with Crippen LogP contribution in [0.2, 0.25) is 0 Å². The Hall–Kier alpha value is -1.35. The fraction of sp³-hybridized carbons (Fsp3) is 0.417. The summed E-state index contributed by atoms with van der Waals surface area (Å²) in [6.45, 7) is 3.41. The van der Waals surface area contributed by atoms with E-state index in [9.17, 15) is 4.79 Å². The predicted molar refractivity (Wildman–Crippen MR) is 59.4 cm³/mol. The molecule has 0 saturated heterocycles. The van der Waals surface area contributed by atoms with E-state index in [0.717, 1.165) is 24.1 Å². The number of carbonyl (C=O) groups excluding carboxylic acids is 1. The van der Waals surface area contributed by atoms with Crippen LogP contribution in [0.3, 0.4) is 0 Å². The summed E-state index contributed by atoms with van der Waals surface area (Å²) in [6, 6.07) is 8.03. The molecule has 0 spiro atoms. The lowest BCUT2D eigenvalue weighted by atomic mass is 10.1. The van der Waals surface area contributed by atoms with E-state index in [-0.39, 0.29) is 11.9 Å². The Kier molecular flexibility index (Phi) is 2.73. The molecule has 1 aliphatic rings. The molecule has 1 aromatic carbocycles. The van der Waals surface area contributed by atoms with E-state index < -0.39 is 0 Å². The smallest absolute Gasteiger partial charge is 0.254 e. The zero-order valence-electron chi connectivity index (χ0n) is 8.94. The zero-order chi connectivity index (χ0) is 10.8. The molecule has 1 amide bonds. The van der Waals surface area contributed by atoms with Gasteiger partial charge in [-0.3, -0.25) is 4.79 Å². The molecule has 1 atom stereocenters. The van der Waals surface area contributed by atoms with Crippen molar-refractivity contribution in [2.24, 2.45) is 5.73 Å². The molecule has 2 N–H and O–H groups in total. The highest BCUT2D eigenvalue weighted by molar-refractivity contribution is 5.98. The average Bonchev–Trinajstić information content (AvgIpc) is 2.57. The lowest BCUT2D eigenvalue weighted by Gasteiger charge is -2.23. The highest BCUT2D eigenvalue weighted by atomic mass is 16.2. The number of rotatable bonds is 3. The van der Waals surface area contributed by atoms with Gasteiger partial charge in [0.05, 0.1) is 0 Å². The van der Waals surface area contributed by atoms with Crippen LogP contribution in [0.5, 0.6) is 0 Å². The van der Waals surface area contributed by atoms with E-state index in [0.29, 0.717) is 6.54 Å². The molecule has 1 heterocycles. The minimum Gasteiger partial charge on any atom is -0.332 e. The highest BCUT2D eigenvalue weighted by Gasteiger charge is 2.29. The van der Waals surface area contributed by atoms with Crippen molar-refractivity contribution in [1.82, 2.24) is 4.90 Å². The van der Waals surface area contributed by atoms with Crippen molar-refractivity contribution in [2.45, 2.75) is 25.9 Å². The van der Waals surface area contributed by atoms with Crippen LogP contribution in [0.25, 0.3) is 0 Å². The number of nitrogens with zero attached hydrogens (tertiary/aromatic N) is 1. The Balaban J connectivity index is 2.20. The number of nitrogens with two attached hydrogens (primary N) is 1. The Bertz CT molecular complexity index is 376. The van der Waals surface area contributed by atoms with Gasteiger partial charge in [-0.2, -0.15) is 0 Å². The molecular weight excluding hydrogens is 188 g/mol. The fourth-order valence-corrected chi connectivity index (χ4v) is 2.03. The fourth-order valence-electron chi connectivity index (χ4n) is 2.03. The van der Waals surface area contributed by atoms with Crippen molar-refractivity contribution in [3.8, 4) is 0 Å². The van der Waals surface area contributed by atoms with E-state index in [1.807, 2.05) is 29.2 Å². The molecule has 3 heteroatoms. The largest absolute Gasteiger partial charge is 0.332 e. The van der Waals surface area contributed by atoms with Gasteiger partial charge < -0.3 is 10.6 Å². The topological polar surface area (TPSA) is 46.3 Å². The molecule has 2 rings (SSSR count). The van der Waals surface area contributed by atoms with Gasteiger partial charge in [0, 0.05) is 18.2 Å². The molecule has 80 valence electrons. The van der Waals surface area contributed by atoms with Crippen LogP contribution in [-0.4, -0.2) is 23.4 Å².